The first kappa shape index (κ1) is 10.9. The molecule has 0 aliphatic carbocycles. The minimum atomic E-state index is -0.568. The van der Waals surface area contributed by atoms with Gasteiger partial charge in [-0.1, -0.05) is 6.07 Å². The van der Waals surface area contributed by atoms with E-state index in [-0.39, 0.29) is 11.3 Å². The molecule has 3 amide bonds. The van der Waals surface area contributed by atoms with E-state index >= 15 is 0 Å². The second kappa shape index (κ2) is 3.63. The number of urea groups is 1. The van der Waals surface area contributed by atoms with Crippen molar-refractivity contribution >= 4 is 23.3 Å². The lowest BCUT2D eigenvalue weighted by molar-refractivity contribution is -0.117. The predicted molar refractivity (Wildman–Crippen MR) is 67.4 cm³/mol. The highest BCUT2D eigenvalue weighted by Crippen LogP contribution is 2.46. The lowest BCUT2D eigenvalue weighted by atomic mass is 9.76. The lowest BCUT2D eigenvalue weighted by Crippen LogP contribution is -2.48. The van der Waals surface area contributed by atoms with Gasteiger partial charge in [0.2, 0.25) is 5.91 Å². The first-order valence-corrected chi connectivity index (χ1v) is 5.81. The molecule has 0 aromatic heterocycles. The van der Waals surface area contributed by atoms with Crippen molar-refractivity contribution < 1.29 is 9.59 Å². The zero-order valence-corrected chi connectivity index (χ0v) is 9.75. The van der Waals surface area contributed by atoms with Gasteiger partial charge in [0.05, 0.1) is 0 Å². The van der Waals surface area contributed by atoms with Crippen LogP contribution >= 0.6 is 0 Å². The molecule has 0 spiro atoms. The Hall–Kier alpha value is -2.24. The van der Waals surface area contributed by atoms with Crippen LogP contribution < -0.4 is 21.7 Å². The number of amides is 3. The second-order valence-electron chi connectivity index (χ2n) is 4.80. The fourth-order valence-corrected chi connectivity index (χ4v) is 2.85. The molecule has 1 aromatic rings. The molecule has 94 valence electrons. The maximum absolute atomic E-state index is 11.8. The van der Waals surface area contributed by atoms with Crippen molar-refractivity contribution in [3.63, 3.8) is 0 Å². The summed E-state index contributed by atoms with van der Waals surface area (Å²) in [5.41, 5.74) is 7.64. The molecule has 5 N–H and O–H groups in total. The summed E-state index contributed by atoms with van der Waals surface area (Å²) in [7, 11) is 0. The van der Waals surface area contributed by atoms with Gasteiger partial charge in [0.25, 0.3) is 0 Å². The van der Waals surface area contributed by atoms with Crippen LogP contribution in [-0.2, 0) is 10.2 Å². The number of hydrogen-bond acceptors (Lipinski definition) is 3. The predicted octanol–water partition coefficient (Wildman–Crippen LogP) is 0.360. The van der Waals surface area contributed by atoms with Gasteiger partial charge >= 0.3 is 6.03 Å². The van der Waals surface area contributed by atoms with Gasteiger partial charge in [-0.05, 0) is 12.1 Å². The number of benzene rings is 1. The van der Waals surface area contributed by atoms with Crippen LogP contribution in [0.5, 0.6) is 0 Å². The molecule has 3 rings (SSSR count). The van der Waals surface area contributed by atoms with Crippen LogP contribution in [0.25, 0.3) is 0 Å². The van der Waals surface area contributed by atoms with Gasteiger partial charge in [-0.25, -0.2) is 4.79 Å². The Labute approximate surface area is 104 Å². The van der Waals surface area contributed by atoms with Crippen LogP contribution in [0.3, 0.4) is 0 Å². The van der Waals surface area contributed by atoms with Crippen molar-refractivity contribution in [2.24, 2.45) is 5.73 Å². The molecule has 0 saturated heterocycles. The zero-order chi connectivity index (χ0) is 12.8. The molecule has 1 atom stereocenters. The summed E-state index contributed by atoms with van der Waals surface area (Å²) in [6, 6.07) is 5.18. The second-order valence-corrected chi connectivity index (χ2v) is 4.80. The highest BCUT2D eigenvalue weighted by Gasteiger charge is 2.45. The molecular formula is C12H14N4O2. The van der Waals surface area contributed by atoms with Gasteiger partial charge in [-0.2, -0.15) is 0 Å². The van der Waals surface area contributed by atoms with E-state index in [4.69, 9.17) is 5.73 Å². The number of rotatable bonds is 2. The molecule has 2 aliphatic heterocycles. The fraction of sp³-hybridized carbons (Fsp3) is 0.333. The summed E-state index contributed by atoms with van der Waals surface area (Å²) >= 11 is 0. The monoisotopic (exact) mass is 246 g/mol. The summed E-state index contributed by atoms with van der Waals surface area (Å²) in [4.78, 5) is 22.7. The topological polar surface area (TPSA) is 96.2 Å². The standard InChI is InChI=1S/C12H14N4O2/c13-11(18)15-6-12-4-9(17)16-8-3-1-2-7(10(8)12)14-5-12/h1-3,14H,4-6H2,(H,16,17)(H3,13,15,18). The maximum atomic E-state index is 11.8. The number of carbonyl (C=O) groups is 2. The van der Waals surface area contributed by atoms with Crippen molar-refractivity contribution in [1.82, 2.24) is 5.32 Å². The van der Waals surface area contributed by atoms with Gasteiger partial charge in [0.15, 0.2) is 0 Å². The molecule has 2 aliphatic rings. The molecule has 6 nitrogen and oxygen atoms in total. The van der Waals surface area contributed by atoms with Crippen LogP contribution in [0.1, 0.15) is 12.0 Å². The normalized spacial score (nSPS) is 23.9. The highest BCUT2D eigenvalue weighted by atomic mass is 16.2. The van der Waals surface area contributed by atoms with Crippen molar-refractivity contribution in [2.75, 3.05) is 23.7 Å². The Bertz CT molecular complexity index is 543. The summed E-state index contributed by atoms with van der Waals surface area (Å²) in [5, 5.41) is 8.76. The largest absolute Gasteiger partial charge is 0.384 e. The number of nitrogens with one attached hydrogen (secondary N) is 3. The third-order valence-electron chi connectivity index (χ3n) is 3.59. The molecule has 0 saturated carbocycles. The molecule has 0 bridgehead atoms. The summed E-state index contributed by atoms with van der Waals surface area (Å²) < 4.78 is 0. The highest BCUT2D eigenvalue weighted by molar-refractivity contribution is 5.98. The van der Waals surface area contributed by atoms with Crippen molar-refractivity contribution in [3.05, 3.63) is 23.8 Å². The SMILES string of the molecule is NC(=O)NCC12CNc3cccc(c31)NC(=O)C2. The third kappa shape index (κ3) is 1.49. The quantitative estimate of drug-likeness (QED) is 0.606. The average molecular weight is 246 g/mol. The van der Waals surface area contributed by atoms with E-state index in [1.807, 2.05) is 18.2 Å². The van der Waals surface area contributed by atoms with Gasteiger partial charge < -0.3 is 21.7 Å². The average Bonchev–Trinajstić information content (AvgIpc) is 2.68. The van der Waals surface area contributed by atoms with Crippen molar-refractivity contribution in [2.45, 2.75) is 11.8 Å². The number of anilines is 2. The number of carbonyl (C=O) groups excluding carboxylic acids is 2. The van der Waals surface area contributed by atoms with Gasteiger partial charge in [-0.15, -0.1) is 0 Å². The van der Waals surface area contributed by atoms with Crippen LogP contribution in [0.4, 0.5) is 16.2 Å². The fourth-order valence-electron chi connectivity index (χ4n) is 2.85. The third-order valence-corrected chi connectivity index (χ3v) is 3.59. The number of nitrogens with two attached hydrogens (primary N) is 1. The Morgan fingerprint density at radius 2 is 2.22 bits per heavy atom. The summed E-state index contributed by atoms with van der Waals surface area (Å²) in [6.07, 6.45) is 0.351. The Balaban J connectivity index is 2.04. The van der Waals surface area contributed by atoms with Crippen LogP contribution in [0.15, 0.2) is 18.2 Å². The van der Waals surface area contributed by atoms with Gasteiger partial charge in [0, 0.05) is 41.9 Å². The summed E-state index contributed by atoms with van der Waals surface area (Å²) in [6.45, 7) is 1.000. The van der Waals surface area contributed by atoms with E-state index in [1.54, 1.807) is 0 Å². The maximum Gasteiger partial charge on any atom is 0.312 e. The molecule has 1 aromatic carbocycles. The Kier molecular flexibility index (Phi) is 2.19. The van der Waals surface area contributed by atoms with E-state index in [1.165, 1.54) is 0 Å². The molecule has 0 fully saturated rings. The number of primary amides is 1. The molecule has 1 unspecified atom stereocenters. The Morgan fingerprint density at radius 1 is 1.44 bits per heavy atom. The summed E-state index contributed by atoms with van der Waals surface area (Å²) in [5.74, 6) is -0.0328. The smallest absolute Gasteiger partial charge is 0.312 e. The van der Waals surface area contributed by atoms with Crippen LogP contribution in [0, 0.1) is 0 Å². The van der Waals surface area contributed by atoms with Crippen LogP contribution in [0.2, 0.25) is 0 Å². The minimum absolute atomic E-state index is 0.0328. The van der Waals surface area contributed by atoms with E-state index in [0.717, 1.165) is 16.9 Å². The van der Waals surface area contributed by atoms with E-state index in [9.17, 15) is 9.59 Å². The Morgan fingerprint density at radius 3 is 3.00 bits per heavy atom. The van der Waals surface area contributed by atoms with Crippen molar-refractivity contribution in [3.8, 4) is 0 Å². The minimum Gasteiger partial charge on any atom is -0.384 e. The molecule has 0 radical (unpaired) electrons. The van der Waals surface area contributed by atoms with Gasteiger partial charge in [-0.3, -0.25) is 4.79 Å². The number of hydrogen-bond donors (Lipinski definition) is 4. The molecule has 18 heavy (non-hydrogen) atoms. The molecule has 6 heteroatoms. The van der Waals surface area contributed by atoms with E-state index in [0.29, 0.717) is 19.5 Å². The molecular weight excluding hydrogens is 232 g/mol. The van der Waals surface area contributed by atoms with E-state index < -0.39 is 6.03 Å². The van der Waals surface area contributed by atoms with Crippen molar-refractivity contribution in [1.29, 1.82) is 0 Å². The van der Waals surface area contributed by atoms with Gasteiger partial charge in [0.1, 0.15) is 0 Å². The lowest BCUT2D eigenvalue weighted by Gasteiger charge is -2.34. The first-order chi connectivity index (χ1) is 8.61. The first-order valence-electron chi connectivity index (χ1n) is 5.81. The molecule has 2 heterocycles. The van der Waals surface area contributed by atoms with Crippen LogP contribution in [-0.4, -0.2) is 25.0 Å². The zero-order valence-electron chi connectivity index (χ0n) is 9.75. The van der Waals surface area contributed by atoms with E-state index in [2.05, 4.69) is 16.0 Å².